The highest BCUT2D eigenvalue weighted by Gasteiger charge is 2.02. The summed E-state index contributed by atoms with van der Waals surface area (Å²) in [5.74, 6) is 1.30. The van der Waals surface area contributed by atoms with Gasteiger partial charge in [0.1, 0.15) is 5.82 Å². The van der Waals surface area contributed by atoms with Crippen molar-refractivity contribution in [2.75, 3.05) is 18.4 Å². The molecule has 0 aliphatic heterocycles. The van der Waals surface area contributed by atoms with Crippen LogP contribution in [0.15, 0.2) is 36.5 Å². The second-order valence-corrected chi connectivity index (χ2v) is 4.62. The van der Waals surface area contributed by atoms with Crippen molar-refractivity contribution in [2.24, 2.45) is 0 Å². The largest absolute Gasteiger partial charge is 0.368 e. The first-order chi connectivity index (χ1) is 9.65. The van der Waals surface area contributed by atoms with Crippen LogP contribution in [-0.2, 0) is 4.79 Å². The molecule has 1 heterocycles. The van der Waals surface area contributed by atoms with Crippen molar-refractivity contribution < 1.29 is 4.79 Å². The van der Waals surface area contributed by atoms with Crippen LogP contribution in [0.3, 0.4) is 0 Å². The van der Waals surface area contributed by atoms with E-state index in [4.69, 9.17) is 11.6 Å². The number of amides is 1. The standard InChI is InChI=1S/C14H15ClN4O/c1-10(20)16-8-9-17-13-6-7-18-14(19-13)11-2-4-12(15)5-3-11/h2-7H,8-9H2,1H3,(H,16,20)(H,17,18,19). The van der Waals surface area contributed by atoms with Gasteiger partial charge < -0.3 is 10.6 Å². The minimum atomic E-state index is -0.0451. The molecular formula is C14H15ClN4O. The van der Waals surface area contributed by atoms with Crippen LogP contribution in [0.5, 0.6) is 0 Å². The zero-order chi connectivity index (χ0) is 14.4. The molecule has 0 aliphatic rings. The molecule has 20 heavy (non-hydrogen) atoms. The Hall–Kier alpha value is -2.14. The number of nitrogens with zero attached hydrogens (tertiary/aromatic N) is 2. The molecule has 0 bridgehead atoms. The lowest BCUT2D eigenvalue weighted by Crippen LogP contribution is -2.26. The number of anilines is 1. The fraction of sp³-hybridized carbons (Fsp3) is 0.214. The molecule has 1 aromatic heterocycles. The molecule has 0 radical (unpaired) electrons. The summed E-state index contributed by atoms with van der Waals surface area (Å²) in [5, 5.41) is 6.52. The van der Waals surface area contributed by atoms with Gasteiger partial charge in [-0.3, -0.25) is 4.79 Å². The van der Waals surface area contributed by atoms with Crippen molar-refractivity contribution in [1.82, 2.24) is 15.3 Å². The van der Waals surface area contributed by atoms with Gasteiger partial charge in [-0.25, -0.2) is 9.97 Å². The third kappa shape index (κ3) is 4.20. The summed E-state index contributed by atoms with van der Waals surface area (Å²) in [6.07, 6.45) is 1.69. The van der Waals surface area contributed by atoms with E-state index in [0.717, 1.165) is 11.4 Å². The molecule has 1 amide bonds. The van der Waals surface area contributed by atoms with Gasteiger partial charge in [0.2, 0.25) is 5.91 Å². The number of aromatic nitrogens is 2. The third-order valence-corrected chi connectivity index (χ3v) is 2.82. The Morgan fingerprint density at radius 1 is 1.20 bits per heavy atom. The van der Waals surface area contributed by atoms with E-state index in [0.29, 0.717) is 23.9 Å². The molecule has 0 atom stereocenters. The molecule has 0 saturated carbocycles. The van der Waals surface area contributed by atoms with E-state index < -0.39 is 0 Å². The van der Waals surface area contributed by atoms with Crippen LogP contribution in [0.25, 0.3) is 11.4 Å². The van der Waals surface area contributed by atoms with Gasteiger partial charge in [-0.05, 0) is 30.3 Å². The summed E-state index contributed by atoms with van der Waals surface area (Å²) in [4.78, 5) is 19.4. The number of nitrogens with one attached hydrogen (secondary N) is 2. The molecule has 0 unspecified atom stereocenters. The van der Waals surface area contributed by atoms with Gasteiger partial charge in [-0.15, -0.1) is 0 Å². The topological polar surface area (TPSA) is 66.9 Å². The number of carbonyl (C=O) groups excluding carboxylic acids is 1. The molecule has 0 fully saturated rings. The van der Waals surface area contributed by atoms with Gasteiger partial charge in [0.15, 0.2) is 5.82 Å². The SMILES string of the molecule is CC(=O)NCCNc1ccnc(-c2ccc(Cl)cc2)n1. The number of carbonyl (C=O) groups is 1. The molecule has 2 aromatic rings. The van der Waals surface area contributed by atoms with Crippen LogP contribution in [0, 0.1) is 0 Å². The minimum Gasteiger partial charge on any atom is -0.368 e. The van der Waals surface area contributed by atoms with E-state index >= 15 is 0 Å². The fourth-order valence-electron chi connectivity index (χ4n) is 1.62. The Morgan fingerprint density at radius 3 is 2.65 bits per heavy atom. The average Bonchev–Trinajstić information content (AvgIpc) is 2.44. The van der Waals surface area contributed by atoms with Crippen molar-refractivity contribution in [3.8, 4) is 11.4 Å². The zero-order valence-electron chi connectivity index (χ0n) is 11.1. The molecule has 2 rings (SSSR count). The van der Waals surface area contributed by atoms with E-state index in [-0.39, 0.29) is 5.91 Å². The number of hydrogen-bond donors (Lipinski definition) is 2. The number of rotatable bonds is 5. The van der Waals surface area contributed by atoms with Crippen molar-refractivity contribution in [3.63, 3.8) is 0 Å². The van der Waals surface area contributed by atoms with Gasteiger partial charge in [-0.1, -0.05) is 11.6 Å². The van der Waals surface area contributed by atoms with Gasteiger partial charge in [0.05, 0.1) is 0 Å². The van der Waals surface area contributed by atoms with Crippen LogP contribution in [0.1, 0.15) is 6.92 Å². The van der Waals surface area contributed by atoms with Gasteiger partial charge >= 0.3 is 0 Å². The lowest BCUT2D eigenvalue weighted by atomic mass is 10.2. The second-order valence-electron chi connectivity index (χ2n) is 4.18. The highest BCUT2D eigenvalue weighted by molar-refractivity contribution is 6.30. The number of halogens is 1. The smallest absolute Gasteiger partial charge is 0.216 e. The Balaban J connectivity index is 2.00. The van der Waals surface area contributed by atoms with Gasteiger partial charge in [0.25, 0.3) is 0 Å². The minimum absolute atomic E-state index is 0.0451. The van der Waals surface area contributed by atoms with Crippen molar-refractivity contribution in [1.29, 1.82) is 0 Å². The van der Waals surface area contributed by atoms with Crippen LogP contribution < -0.4 is 10.6 Å². The van der Waals surface area contributed by atoms with Crippen LogP contribution >= 0.6 is 11.6 Å². The molecule has 0 saturated heterocycles. The molecule has 6 heteroatoms. The molecular weight excluding hydrogens is 276 g/mol. The van der Waals surface area contributed by atoms with Crippen LogP contribution in [0.2, 0.25) is 5.02 Å². The lowest BCUT2D eigenvalue weighted by molar-refractivity contribution is -0.118. The molecule has 0 aliphatic carbocycles. The summed E-state index contributed by atoms with van der Waals surface area (Å²) < 4.78 is 0. The second kappa shape index (κ2) is 6.86. The Labute approximate surface area is 122 Å². The Kier molecular flexibility index (Phi) is 4.90. The Morgan fingerprint density at radius 2 is 1.95 bits per heavy atom. The molecule has 0 spiro atoms. The maximum absolute atomic E-state index is 10.7. The quantitative estimate of drug-likeness (QED) is 0.830. The van der Waals surface area contributed by atoms with Crippen LogP contribution in [0.4, 0.5) is 5.82 Å². The number of benzene rings is 1. The van der Waals surface area contributed by atoms with Gasteiger partial charge in [-0.2, -0.15) is 0 Å². The lowest BCUT2D eigenvalue weighted by Gasteiger charge is -2.07. The number of hydrogen-bond acceptors (Lipinski definition) is 4. The van der Waals surface area contributed by atoms with Crippen molar-refractivity contribution in [2.45, 2.75) is 6.92 Å². The van der Waals surface area contributed by atoms with E-state index in [1.54, 1.807) is 24.4 Å². The zero-order valence-corrected chi connectivity index (χ0v) is 11.8. The molecule has 1 aromatic carbocycles. The van der Waals surface area contributed by atoms with Crippen molar-refractivity contribution in [3.05, 3.63) is 41.6 Å². The predicted molar refractivity (Wildman–Crippen MR) is 79.7 cm³/mol. The summed E-state index contributed by atoms with van der Waals surface area (Å²) in [6, 6.07) is 9.14. The van der Waals surface area contributed by atoms with E-state index in [9.17, 15) is 4.79 Å². The van der Waals surface area contributed by atoms with E-state index in [1.807, 2.05) is 12.1 Å². The maximum atomic E-state index is 10.7. The first-order valence-electron chi connectivity index (χ1n) is 6.22. The molecule has 104 valence electrons. The van der Waals surface area contributed by atoms with Gasteiger partial charge in [0, 0.05) is 36.8 Å². The van der Waals surface area contributed by atoms with Crippen LogP contribution in [-0.4, -0.2) is 29.0 Å². The third-order valence-electron chi connectivity index (χ3n) is 2.56. The normalized spacial score (nSPS) is 10.1. The van der Waals surface area contributed by atoms with E-state index in [1.165, 1.54) is 6.92 Å². The summed E-state index contributed by atoms with van der Waals surface area (Å²) >= 11 is 5.85. The molecule has 5 nitrogen and oxygen atoms in total. The fourth-order valence-corrected chi connectivity index (χ4v) is 1.75. The summed E-state index contributed by atoms with van der Waals surface area (Å²) in [6.45, 7) is 2.65. The first-order valence-corrected chi connectivity index (χ1v) is 6.60. The Bertz CT molecular complexity index is 586. The highest BCUT2D eigenvalue weighted by atomic mass is 35.5. The van der Waals surface area contributed by atoms with E-state index in [2.05, 4.69) is 20.6 Å². The van der Waals surface area contributed by atoms with Crippen molar-refractivity contribution >= 4 is 23.3 Å². The maximum Gasteiger partial charge on any atom is 0.216 e. The first kappa shape index (κ1) is 14.3. The summed E-state index contributed by atoms with van der Waals surface area (Å²) in [7, 11) is 0. The summed E-state index contributed by atoms with van der Waals surface area (Å²) in [5.41, 5.74) is 0.903. The molecule has 2 N–H and O–H groups in total. The highest BCUT2D eigenvalue weighted by Crippen LogP contribution is 2.18. The monoisotopic (exact) mass is 290 g/mol. The average molecular weight is 291 g/mol. The predicted octanol–water partition coefficient (Wildman–Crippen LogP) is 2.34.